The number of carbonyl (C=O) groups excluding carboxylic acids is 2. The van der Waals surface area contributed by atoms with Crippen LogP contribution in [0, 0.1) is 6.92 Å². The molecule has 2 N–H and O–H groups in total. The Morgan fingerprint density at radius 3 is 2.43 bits per heavy atom. The van der Waals surface area contributed by atoms with Crippen LogP contribution in [0.4, 0.5) is 0 Å². The molecule has 2 aromatic rings. The van der Waals surface area contributed by atoms with E-state index in [4.69, 9.17) is 0 Å². The number of hydrogen-bond donors (Lipinski definition) is 2. The van der Waals surface area contributed by atoms with E-state index in [0.717, 1.165) is 5.75 Å². The monoisotopic (exact) mass is 392 g/mol. The Labute approximate surface area is 148 Å². The molecule has 2 rings (SSSR count). The van der Waals surface area contributed by atoms with Crippen LogP contribution in [0.25, 0.3) is 0 Å². The first kappa shape index (κ1) is 17.6. The smallest absolute Gasteiger partial charge is 0.270 e. The molecule has 0 heterocycles. The zero-order chi connectivity index (χ0) is 16.7. The number of hydrogen-bond acceptors (Lipinski definition) is 3. The summed E-state index contributed by atoms with van der Waals surface area (Å²) in [5, 5.41) is 0. The third-order valence-corrected chi connectivity index (χ3v) is 4.75. The van der Waals surface area contributed by atoms with Crippen molar-refractivity contribution in [3.05, 3.63) is 69.7 Å². The summed E-state index contributed by atoms with van der Waals surface area (Å²) < 4.78 is 0.681. The molecule has 0 fully saturated rings. The van der Waals surface area contributed by atoms with Crippen molar-refractivity contribution in [2.75, 3.05) is 5.75 Å². The van der Waals surface area contributed by atoms with Gasteiger partial charge in [0.1, 0.15) is 0 Å². The average molecular weight is 393 g/mol. The Morgan fingerprint density at radius 1 is 1.04 bits per heavy atom. The first-order chi connectivity index (χ1) is 11.1. The van der Waals surface area contributed by atoms with E-state index in [1.807, 2.05) is 25.1 Å². The van der Waals surface area contributed by atoms with Crippen molar-refractivity contribution in [2.24, 2.45) is 0 Å². The van der Waals surface area contributed by atoms with E-state index in [2.05, 4.69) is 38.9 Å². The molecule has 0 unspecified atom stereocenters. The number of aryl methyl sites for hydroxylation is 1. The highest BCUT2D eigenvalue weighted by Crippen LogP contribution is 2.15. The molecule has 0 radical (unpaired) electrons. The molecule has 23 heavy (non-hydrogen) atoms. The fraction of sp³-hybridized carbons (Fsp3) is 0.176. The standard InChI is InChI=1S/C17H17BrN2O2S/c1-12-6-8-13(9-7-12)10-23-11-16(21)19-20-17(22)14-4-2-3-5-15(14)18/h2-9H,10-11H2,1H3,(H,19,21)(H,20,22). The molecule has 6 heteroatoms. The molecule has 4 nitrogen and oxygen atoms in total. The zero-order valence-corrected chi connectivity index (χ0v) is 15.0. The van der Waals surface area contributed by atoms with Gasteiger partial charge < -0.3 is 0 Å². The van der Waals surface area contributed by atoms with Gasteiger partial charge in [-0.25, -0.2) is 0 Å². The number of carbonyl (C=O) groups is 2. The van der Waals surface area contributed by atoms with Crippen molar-refractivity contribution in [1.82, 2.24) is 10.9 Å². The van der Waals surface area contributed by atoms with Gasteiger partial charge in [-0.05, 0) is 40.5 Å². The molecule has 0 aliphatic rings. The second-order valence-corrected chi connectivity index (χ2v) is 6.80. The number of nitrogens with one attached hydrogen (secondary N) is 2. The maximum Gasteiger partial charge on any atom is 0.270 e. The molecule has 0 aliphatic carbocycles. The largest absolute Gasteiger partial charge is 0.272 e. The number of benzene rings is 2. The molecule has 0 atom stereocenters. The van der Waals surface area contributed by atoms with Crippen LogP contribution in [0.2, 0.25) is 0 Å². The summed E-state index contributed by atoms with van der Waals surface area (Å²) >= 11 is 4.80. The van der Waals surface area contributed by atoms with Crippen LogP contribution < -0.4 is 10.9 Å². The molecule has 0 bridgehead atoms. The minimum atomic E-state index is -0.352. The number of thioether (sulfide) groups is 1. The summed E-state index contributed by atoms with van der Waals surface area (Å²) in [5.41, 5.74) is 7.70. The van der Waals surface area contributed by atoms with Gasteiger partial charge in [0, 0.05) is 10.2 Å². The van der Waals surface area contributed by atoms with Crippen LogP contribution in [0.3, 0.4) is 0 Å². The van der Waals surface area contributed by atoms with Crippen LogP contribution in [-0.4, -0.2) is 17.6 Å². The topological polar surface area (TPSA) is 58.2 Å². The van der Waals surface area contributed by atoms with E-state index in [1.54, 1.807) is 18.2 Å². The van der Waals surface area contributed by atoms with Gasteiger partial charge in [0.25, 0.3) is 5.91 Å². The van der Waals surface area contributed by atoms with Crippen molar-refractivity contribution >= 4 is 39.5 Å². The summed E-state index contributed by atoms with van der Waals surface area (Å²) in [6, 6.07) is 15.2. The number of rotatable bonds is 5. The predicted molar refractivity (Wildman–Crippen MR) is 97.1 cm³/mol. The fourth-order valence-electron chi connectivity index (χ4n) is 1.82. The molecule has 0 aromatic heterocycles. The Kier molecular flexibility index (Phi) is 6.67. The predicted octanol–water partition coefficient (Wildman–Crippen LogP) is 3.45. The lowest BCUT2D eigenvalue weighted by molar-refractivity contribution is -0.119. The van der Waals surface area contributed by atoms with Gasteiger partial charge in [-0.15, -0.1) is 11.8 Å². The summed E-state index contributed by atoms with van der Waals surface area (Å²) in [7, 11) is 0. The minimum absolute atomic E-state index is 0.234. The highest BCUT2D eigenvalue weighted by molar-refractivity contribution is 9.10. The van der Waals surface area contributed by atoms with Crippen LogP contribution in [0.5, 0.6) is 0 Å². The van der Waals surface area contributed by atoms with Crippen LogP contribution in [-0.2, 0) is 10.5 Å². The van der Waals surface area contributed by atoms with Gasteiger partial charge in [-0.2, -0.15) is 0 Å². The normalized spacial score (nSPS) is 10.2. The van der Waals surface area contributed by atoms with Crippen molar-refractivity contribution in [3.63, 3.8) is 0 Å². The maximum absolute atomic E-state index is 11.9. The lowest BCUT2D eigenvalue weighted by Gasteiger charge is -2.08. The van der Waals surface area contributed by atoms with Gasteiger partial charge >= 0.3 is 0 Å². The van der Waals surface area contributed by atoms with E-state index in [1.165, 1.54) is 22.9 Å². The Hall–Kier alpha value is -1.79. The fourth-order valence-corrected chi connectivity index (χ4v) is 3.07. The van der Waals surface area contributed by atoms with Crippen molar-refractivity contribution in [1.29, 1.82) is 0 Å². The summed E-state index contributed by atoms with van der Waals surface area (Å²) in [6.07, 6.45) is 0. The van der Waals surface area contributed by atoms with Gasteiger partial charge in [-0.1, -0.05) is 42.0 Å². The van der Waals surface area contributed by atoms with Gasteiger partial charge in [0.15, 0.2) is 0 Å². The van der Waals surface area contributed by atoms with E-state index in [0.29, 0.717) is 10.0 Å². The van der Waals surface area contributed by atoms with Crippen molar-refractivity contribution in [2.45, 2.75) is 12.7 Å². The number of halogens is 1. The molecule has 2 aromatic carbocycles. The van der Waals surface area contributed by atoms with E-state index in [-0.39, 0.29) is 17.6 Å². The van der Waals surface area contributed by atoms with E-state index >= 15 is 0 Å². The third-order valence-electron chi connectivity index (χ3n) is 3.06. The average Bonchev–Trinajstić information content (AvgIpc) is 2.55. The van der Waals surface area contributed by atoms with Crippen LogP contribution >= 0.6 is 27.7 Å². The quantitative estimate of drug-likeness (QED) is 0.766. The molecule has 0 saturated heterocycles. The van der Waals surface area contributed by atoms with Crippen molar-refractivity contribution < 1.29 is 9.59 Å². The van der Waals surface area contributed by atoms with E-state index < -0.39 is 0 Å². The molecular weight excluding hydrogens is 376 g/mol. The lowest BCUT2D eigenvalue weighted by Crippen LogP contribution is -2.42. The Bertz CT molecular complexity index is 689. The van der Waals surface area contributed by atoms with Crippen LogP contribution in [0.15, 0.2) is 53.0 Å². The minimum Gasteiger partial charge on any atom is -0.272 e. The molecule has 2 amide bonds. The van der Waals surface area contributed by atoms with E-state index in [9.17, 15) is 9.59 Å². The van der Waals surface area contributed by atoms with Crippen molar-refractivity contribution in [3.8, 4) is 0 Å². The highest BCUT2D eigenvalue weighted by atomic mass is 79.9. The second kappa shape index (κ2) is 8.74. The highest BCUT2D eigenvalue weighted by Gasteiger charge is 2.10. The molecule has 120 valence electrons. The first-order valence-electron chi connectivity index (χ1n) is 7.03. The van der Waals surface area contributed by atoms with Gasteiger partial charge in [0.2, 0.25) is 5.91 Å². The summed E-state index contributed by atoms with van der Waals surface area (Å²) in [5.74, 6) is 0.451. The van der Waals surface area contributed by atoms with Gasteiger partial charge in [0.05, 0.1) is 11.3 Å². The Balaban J connectivity index is 1.72. The number of hydrazine groups is 1. The molecule has 0 saturated carbocycles. The summed E-state index contributed by atoms with van der Waals surface area (Å²) in [4.78, 5) is 23.7. The second-order valence-electron chi connectivity index (χ2n) is 4.96. The summed E-state index contributed by atoms with van der Waals surface area (Å²) in [6.45, 7) is 2.04. The molecular formula is C17H17BrN2O2S. The third kappa shape index (κ3) is 5.73. The maximum atomic E-state index is 11.9. The SMILES string of the molecule is Cc1ccc(CSCC(=O)NNC(=O)c2ccccc2Br)cc1. The van der Waals surface area contributed by atoms with Crippen LogP contribution in [0.1, 0.15) is 21.5 Å². The zero-order valence-electron chi connectivity index (χ0n) is 12.6. The Morgan fingerprint density at radius 2 is 1.74 bits per heavy atom. The first-order valence-corrected chi connectivity index (χ1v) is 8.98. The number of amides is 2. The molecule has 0 aliphatic heterocycles. The molecule has 0 spiro atoms. The lowest BCUT2D eigenvalue weighted by atomic mass is 10.2. The van der Waals surface area contributed by atoms with Gasteiger partial charge in [-0.3, -0.25) is 20.4 Å².